The second-order valence-corrected chi connectivity index (χ2v) is 14.2. The van der Waals surface area contributed by atoms with Gasteiger partial charge in [0.05, 0.1) is 28.2 Å². The summed E-state index contributed by atoms with van der Waals surface area (Å²) in [7, 11) is -7.46. The number of nitrogens with one attached hydrogen (secondary N) is 1. The third kappa shape index (κ3) is 5.10. The number of fused-ring (bicyclic) bond motifs is 1. The molecule has 42 heavy (non-hydrogen) atoms. The highest BCUT2D eigenvalue weighted by Crippen LogP contribution is 2.45. The van der Waals surface area contributed by atoms with Crippen LogP contribution in [0.5, 0.6) is 0 Å². The second kappa shape index (κ2) is 11.5. The van der Waals surface area contributed by atoms with Crippen molar-refractivity contribution < 1.29 is 13.0 Å². The lowest BCUT2D eigenvalue weighted by Gasteiger charge is -2.30. The van der Waals surface area contributed by atoms with Crippen LogP contribution in [-0.4, -0.2) is 17.4 Å². The van der Waals surface area contributed by atoms with Gasteiger partial charge in [0.2, 0.25) is 7.29 Å². The van der Waals surface area contributed by atoms with Crippen LogP contribution in [-0.2, 0) is 14.6 Å². The van der Waals surface area contributed by atoms with Gasteiger partial charge >= 0.3 is 0 Å². The molecule has 0 aliphatic carbocycles. The molecule has 6 rings (SSSR count). The Bertz CT molecular complexity index is 1920. The number of rotatable bonds is 9. The summed E-state index contributed by atoms with van der Waals surface area (Å²) in [5.74, 6) is 0. The van der Waals surface area contributed by atoms with Crippen LogP contribution in [0.2, 0.25) is 0 Å². The highest BCUT2D eigenvalue weighted by molar-refractivity contribution is 7.90. The Labute approximate surface area is 245 Å². The van der Waals surface area contributed by atoms with Crippen molar-refractivity contribution in [1.29, 1.82) is 0 Å². The Morgan fingerprint density at radius 3 is 1.86 bits per heavy atom. The maximum absolute atomic E-state index is 15.2. The third-order valence-corrected chi connectivity index (χ3v) is 11.7. The molecule has 0 radical (unpaired) electrons. The number of para-hydroxylation sites is 1. The minimum absolute atomic E-state index is 0.162. The fourth-order valence-corrected chi connectivity index (χ4v) is 9.06. The van der Waals surface area contributed by atoms with E-state index in [1.54, 1.807) is 60.9 Å². The summed E-state index contributed by atoms with van der Waals surface area (Å²) in [6.07, 6.45) is 3.25. The van der Waals surface area contributed by atoms with Crippen molar-refractivity contribution in [2.24, 2.45) is 5.73 Å². The van der Waals surface area contributed by atoms with Gasteiger partial charge in [0.15, 0.2) is 0 Å². The number of nitrogens with two attached hydrogens (primary N) is 1. The molecule has 0 fully saturated rings. The predicted molar refractivity (Wildman–Crippen MR) is 168 cm³/mol. The molecule has 0 bridgehead atoms. The van der Waals surface area contributed by atoms with Gasteiger partial charge in [0.1, 0.15) is 0 Å². The molecular weight excluding hydrogens is 563 g/mol. The average Bonchev–Trinajstić information content (AvgIpc) is 3.45. The normalized spacial score (nSPS) is 13.5. The maximum atomic E-state index is 15.2. The van der Waals surface area contributed by atoms with Gasteiger partial charge in [-0.05, 0) is 60.2 Å². The number of nitrogens with zero attached hydrogens (tertiary/aromatic N) is 2. The number of hydrogen-bond acceptors (Lipinski definition) is 5. The van der Waals surface area contributed by atoms with Crippen molar-refractivity contribution in [3.63, 3.8) is 0 Å². The topological polar surface area (TPSA) is 107 Å². The fourth-order valence-electron chi connectivity index (χ4n) is 5.19. The molecule has 0 saturated carbocycles. The molecule has 0 amide bonds. The number of hydrogen-bond donors (Lipinski definition) is 2. The summed E-state index contributed by atoms with van der Waals surface area (Å²) in [4.78, 5) is 4.67. The summed E-state index contributed by atoms with van der Waals surface area (Å²) in [6.45, 7) is 0. The van der Waals surface area contributed by atoms with E-state index in [9.17, 15) is 8.42 Å². The Morgan fingerprint density at radius 1 is 0.714 bits per heavy atom. The molecule has 2 aromatic heterocycles. The molecule has 9 heteroatoms. The monoisotopic (exact) mass is 592 g/mol. The van der Waals surface area contributed by atoms with E-state index in [2.05, 4.69) is 10.1 Å². The van der Waals surface area contributed by atoms with E-state index in [-0.39, 0.29) is 4.90 Å². The van der Waals surface area contributed by atoms with Crippen molar-refractivity contribution in [2.75, 3.05) is 0 Å². The lowest BCUT2D eigenvalue weighted by Crippen LogP contribution is -2.36. The van der Waals surface area contributed by atoms with Crippen molar-refractivity contribution in [3.8, 4) is 0 Å². The standard InChI is InChI=1S/C33H29N4O3PS/c34-32(30-21-12-13-23-35-30)33(36-41(38,25-14-4-1-5-15-25)26-16-6-2-7-17-26)29-24-37(31-22-11-10-20-28(29)31)42(39,40)27-18-8-3-9-19-27/h1-24,32-33H,34H2,(H,36,38). The minimum Gasteiger partial charge on any atom is -0.321 e. The Morgan fingerprint density at radius 2 is 1.26 bits per heavy atom. The van der Waals surface area contributed by atoms with E-state index in [0.717, 1.165) is 0 Å². The summed E-state index contributed by atoms with van der Waals surface area (Å²) in [6, 6.07) is 37.9. The molecule has 2 unspecified atom stereocenters. The van der Waals surface area contributed by atoms with Crippen molar-refractivity contribution in [3.05, 3.63) is 157 Å². The van der Waals surface area contributed by atoms with Gasteiger partial charge in [-0.15, -0.1) is 0 Å². The van der Waals surface area contributed by atoms with Crippen LogP contribution in [0.25, 0.3) is 10.9 Å². The third-order valence-electron chi connectivity index (χ3n) is 7.29. The lowest BCUT2D eigenvalue weighted by atomic mass is 9.97. The summed E-state index contributed by atoms with van der Waals surface area (Å²) in [5, 5.41) is 5.34. The van der Waals surface area contributed by atoms with Gasteiger partial charge in [0, 0.05) is 28.4 Å². The molecule has 0 saturated heterocycles. The zero-order valence-electron chi connectivity index (χ0n) is 22.6. The summed E-state index contributed by atoms with van der Waals surface area (Å²) >= 11 is 0. The van der Waals surface area contributed by atoms with Gasteiger partial charge in [-0.1, -0.05) is 78.9 Å². The van der Waals surface area contributed by atoms with Crippen molar-refractivity contribution >= 4 is 38.8 Å². The van der Waals surface area contributed by atoms with Gasteiger partial charge in [-0.2, -0.15) is 0 Å². The van der Waals surface area contributed by atoms with Crippen LogP contribution in [0, 0.1) is 0 Å². The molecule has 6 aromatic rings. The zero-order valence-corrected chi connectivity index (χ0v) is 24.3. The number of aromatic nitrogens is 2. The highest BCUT2D eigenvalue weighted by Gasteiger charge is 2.36. The van der Waals surface area contributed by atoms with E-state index in [4.69, 9.17) is 5.73 Å². The van der Waals surface area contributed by atoms with Gasteiger partial charge in [-0.25, -0.2) is 12.4 Å². The lowest BCUT2D eigenvalue weighted by molar-refractivity contribution is 0.505. The SMILES string of the molecule is NC(c1ccccn1)C(NP(=O)(c1ccccc1)c1ccccc1)c1cn(S(=O)(=O)c2ccccc2)c2ccccc12. The number of benzene rings is 4. The van der Waals surface area contributed by atoms with Crippen molar-refractivity contribution in [2.45, 2.75) is 17.0 Å². The summed E-state index contributed by atoms with van der Waals surface area (Å²) in [5.41, 5.74) is 8.61. The largest absolute Gasteiger partial charge is 0.321 e. The molecule has 4 aromatic carbocycles. The van der Waals surface area contributed by atoms with Crippen LogP contribution in [0.4, 0.5) is 0 Å². The van der Waals surface area contributed by atoms with Crippen molar-refractivity contribution in [1.82, 2.24) is 14.0 Å². The Kier molecular flexibility index (Phi) is 7.62. The molecule has 2 heterocycles. The van der Waals surface area contributed by atoms with Gasteiger partial charge < -0.3 is 5.73 Å². The molecule has 7 nitrogen and oxygen atoms in total. The Balaban J connectivity index is 1.59. The smallest absolute Gasteiger partial charge is 0.268 e. The van der Waals surface area contributed by atoms with Crippen LogP contribution in [0.3, 0.4) is 0 Å². The average molecular weight is 593 g/mol. The molecule has 3 N–H and O–H groups in total. The van der Waals surface area contributed by atoms with Gasteiger partial charge in [-0.3, -0.25) is 14.6 Å². The highest BCUT2D eigenvalue weighted by atomic mass is 32.2. The molecule has 210 valence electrons. The second-order valence-electron chi connectivity index (χ2n) is 9.88. The quantitative estimate of drug-likeness (QED) is 0.214. The first-order valence-electron chi connectivity index (χ1n) is 13.5. The minimum atomic E-state index is -3.95. The van der Waals surface area contributed by atoms with Crippen LogP contribution < -0.4 is 21.4 Å². The first-order valence-corrected chi connectivity index (χ1v) is 16.6. The molecule has 0 spiro atoms. The maximum Gasteiger partial charge on any atom is 0.268 e. The molecular formula is C33H29N4O3PS. The number of pyridine rings is 1. The van der Waals surface area contributed by atoms with Gasteiger partial charge in [0.25, 0.3) is 10.0 Å². The molecule has 2 atom stereocenters. The van der Waals surface area contributed by atoms with Crippen LogP contribution in [0.15, 0.2) is 151 Å². The predicted octanol–water partition coefficient (Wildman–Crippen LogP) is 5.53. The van der Waals surface area contributed by atoms with E-state index in [1.165, 1.54) is 3.97 Å². The van der Waals surface area contributed by atoms with Crippen LogP contribution >= 0.6 is 7.29 Å². The fraction of sp³-hybridized carbons (Fsp3) is 0.0606. The Hall–Kier alpha value is -4.33. The van der Waals surface area contributed by atoms with E-state index < -0.39 is 29.4 Å². The first kappa shape index (κ1) is 27.8. The van der Waals surface area contributed by atoms with E-state index >= 15 is 4.57 Å². The zero-order chi connectivity index (χ0) is 29.2. The van der Waals surface area contributed by atoms with E-state index in [1.807, 2.05) is 84.9 Å². The molecule has 0 aliphatic heterocycles. The first-order chi connectivity index (χ1) is 20.4. The van der Waals surface area contributed by atoms with Crippen LogP contribution in [0.1, 0.15) is 23.3 Å². The summed E-state index contributed by atoms with van der Waals surface area (Å²) < 4.78 is 44.3. The molecule has 0 aliphatic rings. The van der Waals surface area contributed by atoms with E-state index in [0.29, 0.717) is 32.8 Å².